The van der Waals surface area contributed by atoms with E-state index in [-0.39, 0.29) is 0 Å². The molecule has 0 atom stereocenters. The van der Waals surface area contributed by atoms with Crippen LogP contribution in [0.1, 0.15) is 5.56 Å². The van der Waals surface area contributed by atoms with Crippen LogP contribution >= 0.6 is 15.9 Å². The van der Waals surface area contributed by atoms with Crippen LogP contribution in [0, 0.1) is 0 Å². The minimum absolute atomic E-state index is 0.487. The lowest BCUT2D eigenvalue weighted by molar-refractivity contribution is -0.107. The predicted molar refractivity (Wildman–Crippen MR) is 69.3 cm³/mol. The summed E-state index contributed by atoms with van der Waals surface area (Å²) in [5, 5.41) is 0. The molecule has 0 spiro atoms. The van der Waals surface area contributed by atoms with Crippen molar-refractivity contribution in [1.29, 1.82) is 0 Å². The molecule has 0 aliphatic rings. The highest BCUT2D eigenvalue weighted by Gasteiger charge is 1.97. The van der Waals surface area contributed by atoms with Crippen LogP contribution in [0.4, 0.5) is 0 Å². The van der Waals surface area contributed by atoms with Crippen molar-refractivity contribution in [1.82, 2.24) is 0 Å². The highest BCUT2D eigenvalue weighted by atomic mass is 79.9. The third kappa shape index (κ3) is 2.58. The van der Waals surface area contributed by atoms with Crippen molar-refractivity contribution >= 4 is 22.2 Å². The monoisotopic (exact) mass is 274 g/mol. The largest absolute Gasteiger partial charge is 0.303 e. The van der Waals surface area contributed by atoms with Crippen LogP contribution in [0.25, 0.3) is 11.1 Å². The summed E-state index contributed by atoms with van der Waals surface area (Å²) in [6.07, 6.45) is 1.41. The number of benzene rings is 2. The summed E-state index contributed by atoms with van der Waals surface area (Å²) in [5.41, 5.74) is 3.40. The molecule has 2 aromatic rings. The molecule has 16 heavy (non-hydrogen) atoms. The zero-order valence-corrected chi connectivity index (χ0v) is 10.3. The summed E-state index contributed by atoms with van der Waals surface area (Å²) in [6.45, 7) is 0. The van der Waals surface area contributed by atoms with Crippen molar-refractivity contribution in [2.45, 2.75) is 6.42 Å². The number of rotatable bonds is 3. The Bertz CT molecular complexity index is 471. The Morgan fingerprint density at radius 2 is 1.38 bits per heavy atom. The number of carbonyl (C=O) groups is 1. The van der Waals surface area contributed by atoms with Gasteiger partial charge in [-0.1, -0.05) is 52.3 Å². The summed E-state index contributed by atoms with van der Waals surface area (Å²) in [4.78, 5) is 10.4. The molecule has 2 aromatic carbocycles. The van der Waals surface area contributed by atoms with Crippen molar-refractivity contribution in [3.63, 3.8) is 0 Å². The molecule has 0 aliphatic carbocycles. The molecule has 0 fully saturated rings. The third-order valence-electron chi connectivity index (χ3n) is 2.45. The van der Waals surface area contributed by atoms with Gasteiger partial charge in [-0.2, -0.15) is 0 Å². The van der Waals surface area contributed by atoms with Gasteiger partial charge in [0.05, 0.1) is 0 Å². The number of aldehydes is 1. The molecule has 1 nitrogen and oxygen atoms in total. The van der Waals surface area contributed by atoms with E-state index in [1.807, 2.05) is 36.4 Å². The molecule has 0 unspecified atom stereocenters. The molecule has 0 saturated carbocycles. The van der Waals surface area contributed by atoms with Crippen molar-refractivity contribution in [3.8, 4) is 11.1 Å². The molecular weight excluding hydrogens is 264 g/mol. The first kappa shape index (κ1) is 11.1. The summed E-state index contributed by atoms with van der Waals surface area (Å²) in [7, 11) is 0. The summed E-state index contributed by atoms with van der Waals surface area (Å²) in [5.74, 6) is 0. The molecule has 0 radical (unpaired) electrons. The maximum Gasteiger partial charge on any atom is 0.124 e. The van der Waals surface area contributed by atoms with Crippen LogP contribution in [0.2, 0.25) is 0 Å². The Labute approximate surface area is 103 Å². The Hall–Kier alpha value is -1.41. The highest BCUT2D eigenvalue weighted by Crippen LogP contribution is 2.22. The van der Waals surface area contributed by atoms with Crippen LogP contribution in [-0.2, 0) is 11.2 Å². The van der Waals surface area contributed by atoms with E-state index in [4.69, 9.17) is 0 Å². The molecule has 2 rings (SSSR count). The van der Waals surface area contributed by atoms with Crippen LogP contribution in [0.3, 0.4) is 0 Å². The molecule has 0 saturated heterocycles. The first-order valence-corrected chi connectivity index (χ1v) is 5.87. The fraction of sp³-hybridized carbons (Fsp3) is 0.0714. The first-order valence-electron chi connectivity index (χ1n) is 5.08. The maximum atomic E-state index is 10.4. The average molecular weight is 275 g/mol. The van der Waals surface area contributed by atoms with E-state index in [1.165, 1.54) is 11.1 Å². The van der Waals surface area contributed by atoms with Gasteiger partial charge in [0.25, 0.3) is 0 Å². The van der Waals surface area contributed by atoms with Gasteiger partial charge in [0.1, 0.15) is 6.29 Å². The molecule has 80 valence electrons. The molecule has 0 aromatic heterocycles. The van der Waals surface area contributed by atoms with Gasteiger partial charge in [-0.25, -0.2) is 0 Å². The van der Waals surface area contributed by atoms with Crippen LogP contribution in [0.15, 0.2) is 53.0 Å². The Morgan fingerprint density at radius 3 is 1.88 bits per heavy atom. The van der Waals surface area contributed by atoms with Gasteiger partial charge < -0.3 is 4.79 Å². The molecule has 0 amide bonds. The van der Waals surface area contributed by atoms with E-state index in [0.29, 0.717) is 6.42 Å². The fourth-order valence-electron chi connectivity index (χ4n) is 1.57. The zero-order valence-electron chi connectivity index (χ0n) is 8.69. The van der Waals surface area contributed by atoms with E-state index >= 15 is 0 Å². The molecule has 0 heterocycles. The van der Waals surface area contributed by atoms with E-state index in [2.05, 4.69) is 28.1 Å². The van der Waals surface area contributed by atoms with Crippen molar-refractivity contribution in [3.05, 3.63) is 58.6 Å². The lowest BCUT2D eigenvalue weighted by Gasteiger charge is -2.02. The van der Waals surface area contributed by atoms with Gasteiger partial charge in [0.2, 0.25) is 0 Å². The van der Waals surface area contributed by atoms with Crippen molar-refractivity contribution in [2.24, 2.45) is 0 Å². The minimum Gasteiger partial charge on any atom is -0.303 e. The minimum atomic E-state index is 0.487. The lowest BCUT2D eigenvalue weighted by Crippen LogP contribution is -1.85. The van der Waals surface area contributed by atoms with E-state index in [1.54, 1.807) is 0 Å². The second-order valence-corrected chi connectivity index (χ2v) is 4.49. The second-order valence-electron chi connectivity index (χ2n) is 3.57. The summed E-state index contributed by atoms with van der Waals surface area (Å²) >= 11 is 3.41. The van der Waals surface area contributed by atoms with Gasteiger partial charge in [-0.3, -0.25) is 0 Å². The number of halogens is 1. The normalized spacial score (nSPS) is 10.1. The SMILES string of the molecule is O=CCc1ccc(-c2ccc(Br)cc2)cc1. The van der Waals surface area contributed by atoms with E-state index in [0.717, 1.165) is 16.3 Å². The molecule has 0 aliphatic heterocycles. The van der Waals surface area contributed by atoms with Crippen molar-refractivity contribution < 1.29 is 4.79 Å². The van der Waals surface area contributed by atoms with E-state index < -0.39 is 0 Å². The molecule has 0 N–H and O–H groups in total. The summed E-state index contributed by atoms with van der Waals surface area (Å²) < 4.78 is 1.08. The maximum absolute atomic E-state index is 10.4. The number of hydrogen-bond acceptors (Lipinski definition) is 1. The smallest absolute Gasteiger partial charge is 0.124 e. The topological polar surface area (TPSA) is 17.1 Å². The van der Waals surface area contributed by atoms with Crippen molar-refractivity contribution in [2.75, 3.05) is 0 Å². The molecule has 2 heteroatoms. The molecule has 0 bridgehead atoms. The Kier molecular flexibility index (Phi) is 3.52. The zero-order chi connectivity index (χ0) is 11.4. The predicted octanol–water partition coefficient (Wildman–Crippen LogP) is 3.86. The van der Waals surface area contributed by atoms with Crippen LogP contribution < -0.4 is 0 Å². The van der Waals surface area contributed by atoms with Crippen LogP contribution in [-0.4, -0.2) is 6.29 Å². The third-order valence-corrected chi connectivity index (χ3v) is 2.98. The van der Waals surface area contributed by atoms with Gasteiger partial charge in [-0.05, 0) is 28.8 Å². The fourth-order valence-corrected chi connectivity index (χ4v) is 1.84. The second kappa shape index (κ2) is 5.08. The van der Waals surface area contributed by atoms with E-state index in [9.17, 15) is 4.79 Å². The van der Waals surface area contributed by atoms with Gasteiger partial charge in [0, 0.05) is 10.9 Å². The Balaban J connectivity index is 2.27. The Morgan fingerprint density at radius 1 is 0.875 bits per heavy atom. The van der Waals surface area contributed by atoms with Gasteiger partial charge in [0.15, 0.2) is 0 Å². The molecular formula is C14H11BrO. The highest BCUT2D eigenvalue weighted by molar-refractivity contribution is 9.10. The van der Waals surface area contributed by atoms with Crippen LogP contribution in [0.5, 0.6) is 0 Å². The quantitative estimate of drug-likeness (QED) is 0.777. The van der Waals surface area contributed by atoms with Gasteiger partial charge in [-0.15, -0.1) is 0 Å². The number of carbonyl (C=O) groups excluding carboxylic acids is 1. The van der Waals surface area contributed by atoms with Gasteiger partial charge >= 0.3 is 0 Å². The lowest BCUT2D eigenvalue weighted by atomic mass is 10.0. The average Bonchev–Trinajstić information content (AvgIpc) is 2.32. The number of hydrogen-bond donors (Lipinski definition) is 0. The standard InChI is InChI=1S/C14H11BrO/c15-14-7-5-13(6-8-14)12-3-1-11(2-4-12)9-10-16/h1-8,10H,9H2. The first-order chi connectivity index (χ1) is 7.79. The summed E-state index contributed by atoms with van der Waals surface area (Å²) in [6, 6.07) is 16.3.